The molecule has 0 aliphatic carbocycles. The highest BCUT2D eigenvalue weighted by molar-refractivity contribution is 5.94. The van der Waals surface area contributed by atoms with E-state index in [0.717, 1.165) is 25.0 Å². The van der Waals surface area contributed by atoms with E-state index in [1.54, 1.807) is 19.1 Å². The molecule has 2 aliphatic heterocycles. The van der Waals surface area contributed by atoms with Gasteiger partial charge in [-0.25, -0.2) is 4.79 Å². The first-order valence-corrected chi connectivity index (χ1v) is 12.3. The predicted molar refractivity (Wildman–Crippen MR) is 137 cm³/mol. The Kier molecular flexibility index (Phi) is 5.48. The number of hydrogen-bond donors (Lipinski definition) is 2. The summed E-state index contributed by atoms with van der Waals surface area (Å²) in [6.45, 7) is 1.61. The number of nitrogens with zero attached hydrogens (tertiary/aromatic N) is 1. The lowest BCUT2D eigenvalue weighted by Gasteiger charge is -2.25. The van der Waals surface area contributed by atoms with Crippen molar-refractivity contribution in [3.63, 3.8) is 0 Å². The summed E-state index contributed by atoms with van der Waals surface area (Å²) in [5.74, 6) is -0.863. The largest absolute Gasteiger partial charge is 0.478 e. The van der Waals surface area contributed by atoms with Crippen LogP contribution in [0.25, 0.3) is 11.0 Å². The van der Waals surface area contributed by atoms with Crippen LogP contribution >= 0.6 is 0 Å². The quantitative estimate of drug-likeness (QED) is 0.293. The van der Waals surface area contributed by atoms with Gasteiger partial charge in [-0.2, -0.15) is 13.2 Å². The molecule has 4 aromatic rings. The van der Waals surface area contributed by atoms with Crippen LogP contribution in [0.1, 0.15) is 70.5 Å². The molecule has 2 N–H and O–H groups in total. The minimum atomic E-state index is -4.69. The van der Waals surface area contributed by atoms with Gasteiger partial charge < -0.3 is 19.7 Å². The van der Waals surface area contributed by atoms with E-state index >= 15 is 0 Å². The maximum atomic E-state index is 13.8. The molecular weight excluding hydrogens is 497 g/mol. The number of aromatic carboxylic acids is 1. The molecule has 0 spiro atoms. The number of carboxylic acid groups (broad SMARTS) is 1. The number of para-hydroxylation sites is 1. The van der Waals surface area contributed by atoms with Crippen molar-refractivity contribution in [2.45, 2.75) is 44.1 Å². The molecule has 194 valence electrons. The van der Waals surface area contributed by atoms with Gasteiger partial charge in [-0.1, -0.05) is 36.4 Å². The van der Waals surface area contributed by atoms with Crippen LogP contribution in [0.4, 0.5) is 24.7 Å². The second kappa shape index (κ2) is 8.65. The molecule has 0 amide bonds. The smallest absolute Gasteiger partial charge is 0.416 e. The number of halogens is 3. The molecule has 3 aromatic carbocycles. The van der Waals surface area contributed by atoms with Crippen LogP contribution in [0, 0.1) is 0 Å². The molecule has 1 aromatic heterocycles. The molecule has 1 fully saturated rings. The van der Waals surface area contributed by atoms with Gasteiger partial charge in [0, 0.05) is 17.3 Å². The van der Waals surface area contributed by atoms with E-state index in [4.69, 9.17) is 4.42 Å². The number of anilines is 2. The first-order valence-electron chi connectivity index (χ1n) is 12.3. The number of fused-ring (bicyclic) bond motifs is 6. The first-order chi connectivity index (χ1) is 18.1. The van der Waals surface area contributed by atoms with Crippen molar-refractivity contribution in [3.8, 4) is 0 Å². The molecule has 2 aliphatic rings. The standard InChI is InChI=1S/C29H23F3N2O4/c1-15(33-22-9-5-4-8-19(22)28(36)37)20-12-16(29(30,31)32)13-21-25(35)14-26(38-27(20)21)34-23-10-11-24(34)18-7-3-2-6-17(18)23/h2-9,12-15,23-24,33H,10-11H2,1H3,(H,36,37). The minimum absolute atomic E-state index is 0.0210. The Labute approximate surface area is 215 Å². The molecule has 6 rings (SSSR count). The van der Waals surface area contributed by atoms with Gasteiger partial charge in [-0.3, -0.25) is 4.79 Å². The average molecular weight is 521 g/mol. The molecule has 3 unspecified atom stereocenters. The van der Waals surface area contributed by atoms with E-state index in [1.807, 2.05) is 17.0 Å². The lowest BCUT2D eigenvalue weighted by molar-refractivity contribution is -0.137. The summed E-state index contributed by atoms with van der Waals surface area (Å²) in [6.07, 6.45) is -2.93. The molecule has 9 heteroatoms. The summed E-state index contributed by atoms with van der Waals surface area (Å²) in [5, 5.41) is 12.4. The number of rotatable bonds is 5. The molecule has 38 heavy (non-hydrogen) atoms. The van der Waals surface area contributed by atoms with Gasteiger partial charge in [0.15, 0.2) is 5.43 Å². The van der Waals surface area contributed by atoms with Gasteiger partial charge >= 0.3 is 12.1 Å². The fourth-order valence-corrected chi connectivity index (χ4v) is 5.84. The summed E-state index contributed by atoms with van der Waals surface area (Å²) < 4.78 is 47.8. The number of hydrogen-bond acceptors (Lipinski definition) is 5. The van der Waals surface area contributed by atoms with E-state index in [2.05, 4.69) is 17.4 Å². The molecule has 3 atom stereocenters. The third-order valence-corrected chi connectivity index (χ3v) is 7.52. The van der Waals surface area contributed by atoms with Gasteiger partial charge in [0.25, 0.3) is 0 Å². The van der Waals surface area contributed by atoms with Crippen molar-refractivity contribution >= 4 is 28.5 Å². The van der Waals surface area contributed by atoms with E-state index in [0.29, 0.717) is 5.88 Å². The Bertz CT molecular complexity index is 1610. The van der Waals surface area contributed by atoms with Crippen molar-refractivity contribution < 1.29 is 27.5 Å². The Hall–Kier alpha value is -4.27. The normalized spacial score (nSPS) is 19.0. The predicted octanol–water partition coefficient (Wildman–Crippen LogP) is 7.08. The monoisotopic (exact) mass is 520 g/mol. The van der Waals surface area contributed by atoms with Crippen molar-refractivity contribution in [2.75, 3.05) is 10.2 Å². The summed E-state index contributed by atoms with van der Waals surface area (Å²) in [4.78, 5) is 27.0. The molecule has 0 saturated carbocycles. The summed E-state index contributed by atoms with van der Waals surface area (Å²) >= 11 is 0. The maximum absolute atomic E-state index is 13.8. The number of carbonyl (C=O) groups is 1. The Morgan fingerprint density at radius 1 is 1.03 bits per heavy atom. The Balaban J connectivity index is 1.50. The zero-order chi connectivity index (χ0) is 26.8. The lowest BCUT2D eigenvalue weighted by atomic mass is 9.92. The van der Waals surface area contributed by atoms with Crippen molar-refractivity contribution in [2.24, 2.45) is 0 Å². The molecule has 1 saturated heterocycles. The van der Waals surface area contributed by atoms with E-state index < -0.39 is 29.2 Å². The Morgan fingerprint density at radius 2 is 1.66 bits per heavy atom. The second-order valence-corrected chi connectivity index (χ2v) is 9.75. The van der Waals surface area contributed by atoms with Crippen molar-refractivity contribution in [1.29, 1.82) is 0 Å². The zero-order valence-electron chi connectivity index (χ0n) is 20.3. The first kappa shape index (κ1) is 24.1. The van der Waals surface area contributed by atoms with Crippen LogP contribution in [0.3, 0.4) is 0 Å². The third kappa shape index (κ3) is 3.81. The van der Waals surface area contributed by atoms with Gasteiger partial charge in [0.1, 0.15) is 5.58 Å². The van der Waals surface area contributed by atoms with Crippen molar-refractivity contribution in [1.82, 2.24) is 0 Å². The molecule has 6 nitrogen and oxygen atoms in total. The second-order valence-electron chi connectivity index (χ2n) is 9.75. The zero-order valence-corrected chi connectivity index (χ0v) is 20.3. The van der Waals surface area contributed by atoms with E-state index in [1.165, 1.54) is 29.3 Å². The van der Waals surface area contributed by atoms with Crippen LogP contribution in [-0.4, -0.2) is 11.1 Å². The highest BCUT2D eigenvalue weighted by Gasteiger charge is 2.45. The van der Waals surface area contributed by atoms with E-state index in [-0.39, 0.29) is 39.9 Å². The maximum Gasteiger partial charge on any atom is 0.416 e. The summed E-state index contributed by atoms with van der Waals surface area (Å²) in [5.41, 5.74) is 1.16. The average Bonchev–Trinajstić information content (AvgIpc) is 3.45. The molecule has 2 bridgehead atoms. The topological polar surface area (TPSA) is 82.8 Å². The number of benzene rings is 3. The summed E-state index contributed by atoms with van der Waals surface area (Å²) in [7, 11) is 0. The van der Waals surface area contributed by atoms with Gasteiger partial charge in [-0.15, -0.1) is 0 Å². The Morgan fingerprint density at radius 3 is 2.29 bits per heavy atom. The SMILES string of the molecule is CC(Nc1ccccc1C(=O)O)c1cc(C(F)(F)F)cc2c(=O)cc(N3C4CCC3c3ccccc34)oc12. The summed E-state index contributed by atoms with van der Waals surface area (Å²) in [6, 6.07) is 16.5. The fourth-order valence-electron chi connectivity index (χ4n) is 5.84. The third-order valence-electron chi connectivity index (χ3n) is 7.52. The van der Waals surface area contributed by atoms with Crippen LogP contribution < -0.4 is 15.6 Å². The minimum Gasteiger partial charge on any atom is -0.478 e. The van der Waals surface area contributed by atoms with Gasteiger partial charge in [0.05, 0.1) is 34.6 Å². The number of alkyl halides is 3. The molecule has 0 radical (unpaired) electrons. The van der Waals surface area contributed by atoms with E-state index in [9.17, 15) is 27.9 Å². The van der Waals surface area contributed by atoms with Gasteiger partial charge in [-0.05, 0) is 55.2 Å². The lowest BCUT2D eigenvalue weighted by Crippen LogP contribution is -2.21. The van der Waals surface area contributed by atoms with Crippen LogP contribution in [-0.2, 0) is 6.18 Å². The van der Waals surface area contributed by atoms with Gasteiger partial charge in [0.2, 0.25) is 5.88 Å². The number of nitrogens with one attached hydrogen (secondary N) is 1. The molecule has 3 heterocycles. The van der Waals surface area contributed by atoms with Crippen LogP contribution in [0.2, 0.25) is 0 Å². The number of carboxylic acids is 1. The highest BCUT2D eigenvalue weighted by atomic mass is 19.4. The van der Waals surface area contributed by atoms with Crippen LogP contribution in [0.15, 0.2) is 75.9 Å². The van der Waals surface area contributed by atoms with Crippen molar-refractivity contribution in [3.05, 3.63) is 105 Å². The molecular formula is C29H23F3N2O4. The van der Waals surface area contributed by atoms with Crippen LogP contribution in [0.5, 0.6) is 0 Å². The fraction of sp³-hybridized carbons (Fsp3) is 0.241. The highest BCUT2D eigenvalue weighted by Crippen LogP contribution is 2.55.